The van der Waals surface area contributed by atoms with E-state index in [0.717, 1.165) is 16.9 Å². The number of ether oxygens (including phenoxy) is 1. The molecule has 0 amide bonds. The van der Waals surface area contributed by atoms with Crippen molar-refractivity contribution in [2.45, 2.75) is 20.0 Å². The zero-order chi connectivity index (χ0) is 13.7. The third kappa shape index (κ3) is 3.84. The van der Waals surface area contributed by atoms with E-state index < -0.39 is 0 Å². The van der Waals surface area contributed by atoms with Crippen LogP contribution in [0.15, 0.2) is 41.8 Å². The third-order valence-electron chi connectivity index (χ3n) is 2.72. The highest BCUT2D eigenvalue weighted by molar-refractivity contribution is 5.83. The fourth-order valence-electron chi connectivity index (χ4n) is 1.75. The molecule has 0 bridgehead atoms. The lowest BCUT2D eigenvalue weighted by Gasteiger charge is -2.05. The summed E-state index contributed by atoms with van der Waals surface area (Å²) in [4.78, 5) is 0. The number of hydrogen-bond acceptors (Lipinski definition) is 4. The molecule has 1 aromatic heterocycles. The van der Waals surface area contributed by atoms with Crippen LogP contribution in [0.3, 0.4) is 0 Å². The Labute approximate surface area is 112 Å². The summed E-state index contributed by atoms with van der Waals surface area (Å²) in [6.45, 7) is 2.29. The first-order valence-electron chi connectivity index (χ1n) is 6.04. The van der Waals surface area contributed by atoms with E-state index in [9.17, 15) is 0 Å². The average molecular weight is 259 g/mol. The van der Waals surface area contributed by atoms with Gasteiger partial charge >= 0.3 is 0 Å². The molecule has 0 saturated carbocycles. The highest BCUT2D eigenvalue weighted by Gasteiger charge is 2.00. The Balaban J connectivity index is 1.91. The molecule has 0 saturated heterocycles. The van der Waals surface area contributed by atoms with E-state index in [0.29, 0.717) is 18.7 Å². The summed E-state index contributed by atoms with van der Waals surface area (Å²) in [7, 11) is 1.88. The van der Waals surface area contributed by atoms with Crippen molar-refractivity contribution in [2.24, 2.45) is 12.2 Å². The molecule has 0 spiro atoms. The Morgan fingerprint density at radius 3 is 2.63 bits per heavy atom. The van der Waals surface area contributed by atoms with Crippen LogP contribution in [-0.2, 0) is 20.1 Å². The molecular formula is C14H17N3O2. The minimum Gasteiger partial charge on any atom is -0.489 e. The van der Waals surface area contributed by atoms with Crippen molar-refractivity contribution < 1.29 is 9.94 Å². The number of rotatable bonds is 5. The van der Waals surface area contributed by atoms with Crippen LogP contribution in [0.4, 0.5) is 0 Å². The Morgan fingerprint density at radius 2 is 2.05 bits per heavy atom. The van der Waals surface area contributed by atoms with Gasteiger partial charge < -0.3 is 9.94 Å². The highest BCUT2D eigenvalue weighted by atomic mass is 16.5. The second kappa shape index (κ2) is 6.04. The lowest BCUT2D eigenvalue weighted by atomic mass is 10.1. The van der Waals surface area contributed by atoms with E-state index in [1.165, 1.54) is 0 Å². The van der Waals surface area contributed by atoms with Gasteiger partial charge in [-0.05, 0) is 24.6 Å². The van der Waals surface area contributed by atoms with Crippen LogP contribution in [0.25, 0.3) is 0 Å². The van der Waals surface area contributed by atoms with Gasteiger partial charge in [-0.15, -0.1) is 0 Å². The topological polar surface area (TPSA) is 59.6 Å². The van der Waals surface area contributed by atoms with Gasteiger partial charge in [0.25, 0.3) is 0 Å². The first-order valence-corrected chi connectivity index (χ1v) is 6.04. The van der Waals surface area contributed by atoms with Crippen molar-refractivity contribution in [1.29, 1.82) is 0 Å². The van der Waals surface area contributed by atoms with E-state index in [1.54, 1.807) is 17.8 Å². The third-order valence-corrected chi connectivity index (χ3v) is 2.72. The van der Waals surface area contributed by atoms with Crippen molar-refractivity contribution in [3.8, 4) is 5.75 Å². The molecule has 2 rings (SSSR count). The molecule has 5 heteroatoms. The molecular weight excluding hydrogens is 242 g/mol. The van der Waals surface area contributed by atoms with Crippen LogP contribution in [-0.4, -0.2) is 20.7 Å². The zero-order valence-electron chi connectivity index (χ0n) is 11.1. The van der Waals surface area contributed by atoms with E-state index >= 15 is 0 Å². The normalized spacial score (nSPS) is 11.6. The highest BCUT2D eigenvalue weighted by Crippen LogP contribution is 2.14. The smallest absolute Gasteiger partial charge is 0.119 e. The minimum atomic E-state index is 0.504. The molecule has 1 aromatic carbocycles. The second-order valence-corrected chi connectivity index (χ2v) is 4.47. The van der Waals surface area contributed by atoms with Crippen LogP contribution in [0.1, 0.15) is 18.1 Å². The Hall–Kier alpha value is -2.30. The first-order chi connectivity index (χ1) is 9.17. The number of oxime groups is 1. The van der Waals surface area contributed by atoms with Crippen molar-refractivity contribution in [1.82, 2.24) is 9.78 Å². The Morgan fingerprint density at radius 1 is 1.32 bits per heavy atom. The number of aryl methyl sites for hydroxylation is 1. The standard InChI is InChI=1S/C14H17N3O2/c1-11(16-18)7-12-3-5-14(6-4-12)19-10-13-8-15-17(2)9-13/h3-6,8-9,18H,7,10H2,1-2H3/b16-11-. The van der Waals surface area contributed by atoms with E-state index in [-0.39, 0.29) is 0 Å². The zero-order valence-corrected chi connectivity index (χ0v) is 11.1. The number of aromatic nitrogens is 2. The molecule has 0 aliphatic heterocycles. The van der Waals surface area contributed by atoms with Crippen LogP contribution in [0.2, 0.25) is 0 Å². The van der Waals surface area contributed by atoms with Gasteiger partial charge in [-0.25, -0.2) is 0 Å². The van der Waals surface area contributed by atoms with Crippen LogP contribution in [0.5, 0.6) is 5.75 Å². The van der Waals surface area contributed by atoms with Gasteiger partial charge in [0.15, 0.2) is 0 Å². The molecule has 0 aliphatic rings. The fraction of sp³-hybridized carbons (Fsp3) is 0.286. The molecule has 0 radical (unpaired) electrons. The maximum atomic E-state index is 8.62. The van der Waals surface area contributed by atoms with Crippen molar-refractivity contribution in [2.75, 3.05) is 0 Å². The van der Waals surface area contributed by atoms with E-state index in [1.807, 2.05) is 37.5 Å². The van der Waals surface area contributed by atoms with Crippen molar-refractivity contribution in [3.05, 3.63) is 47.8 Å². The maximum Gasteiger partial charge on any atom is 0.119 e. The molecule has 100 valence electrons. The summed E-state index contributed by atoms with van der Waals surface area (Å²) >= 11 is 0. The Bertz CT molecular complexity index is 558. The molecule has 0 unspecified atom stereocenters. The van der Waals surface area contributed by atoms with Gasteiger partial charge in [0, 0.05) is 25.2 Å². The van der Waals surface area contributed by atoms with Crippen molar-refractivity contribution >= 4 is 5.71 Å². The van der Waals surface area contributed by atoms with Gasteiger partial charge in [0.1, 0.15) is 12.4 Å². The predicted molar refractivity (Wildman–Crippen MR) is 72.6 cm³/mol. The molecule has 5 nitrogen and oxygen atoms in total. The first kappa shape index (κ1) is 13.1. The van der Waals surface area contributed by atoms with Gasteiger partial charge in [-0.2, -0.15) is 5.10 Å². The van der Waals surface area contributed by atoms with E-state index in [2.05, 4.69) is 10.3 Å². The minimum absolute atomic E-state index is 0.504. The summed E-state index contributed by atoms with van der Waals surface area (Å²) in [6.07, 6.45) is 4.35. The summed E-state index contributed by atoms with van der Waals surface area (Å²) < 4.78 is 7.41. The van der Waals surface area contributed by atoms with E-state index in [4.69, 9.17) is 9.94 Å². The lowest BCUT2D eigenvalue weighted by Crippen LogP contribution is -1.98. The summed E-state index contributed by atoms with van der Waals surface area (Å²) in [5, 5.41) is 15.9. The summed E-state index contributed by atoms with van der Waals surface area (Å²) in [5.41, 5.74) is 2.81. The van der Waals surface area contributed by atoms with Gasteiger partial charge in [-0.1, -0.05) is 17.3 Å². The molecule has 1 heterocycles. The molecule has 0 fully saturated rings. The van der Waals surface area contributed by atoms with Gasteiger partial charge in [0.2, 0.25) is 0 Å². The number of hydrogen-bond donors (Lipinski definition) is 1. The molecule has 19 heavy (non-hydrogen) atoms. The quantitative estimate of drug-likeness (QED) is 0.509. The van der Waals surface area contributed by atoms with Crippen LogP contribution in [0, 0.1) is 0 Å². The lowest BCUT2D eigenvalue weighted by molar-refractivity contribution is 0.306. The summed E-state index contributed by atoms with van der Waals surface area (Å²) in [6, 6.07) is 7.76. The van der Waals surface area contributed by atoms with Crippen LogP contribution >= 0.6 is 0 Å². The molecule has 0 aliphatic carbocycles. The van der Waals surface area contributed by atoms with Gasteiger partial charge in [-0.3, -0.25) is 4.68 Å². The number of nitrogens with zero attached hydrogens (tertiary/aromatic N) is 3. The predicted octanol–water partition coefficient (Wildman–Crippen LogP) is 2.39. The monoisotopic (exact) mass is 259 g/mol. The molecule has 2 aromatic rings. The van der Waals surface area contributed by atoms with Gasteiger partial charge in [0.05, 0.1) is 11.9 Å². The SMILES string of the molecule is C/C(Cc1ccc(OCc2cnn(C)c2)cc1)=N/O. The molecule has 1 N–H and O–H groups in total. The maximum absolute atomic E-state index is 8.62. The Kier molecular flexibility index (Phi) is 4.18. The molecule has 0 atom stereocenters. The average Bonchev–Trinajstić information content (AvgIpc) is 2.83. The second-order valence-electron chi connectivity index (χ2n) is 4.47. The largest absolute Gasteiger partial charge is 0.489 e. The summed E-state index contributed by atoms with van der Waals surface area (Å²) in [5.74, 6) is 0.811. The van der Waals surface area contributed by atoms with Crippen LogP contribution < -0.4 is 4.74 Å². The number of benzene rings is 1. The van der Waals surface area contributed by atoms with Crippen molar-refractivity contribution in [3.63, 3.8) is 0 Å². The fourth-order valence-corrected chi connectivity index (χ4v) is 1.75.